The van der Waals surface area contributed by atoms with E-state index in [1.807, 2.05) is 30.3 Å². The summed E-state index contributed by atoms with van der Waals surface area (Å²) < 4.78 is 1.68. The second-order valence-electron chi connectivity index (χ2n) is 5.95. The van der Waals surface area contributed by atoms with Crippen LogP contribution in [0.5, 0.6) is 0 Å². The van der Waals surface area contributed by atoms with E-state index in [1.165, 1.54) is 11.3 Å². The number of carbonyl (C=O) groups is 1. The smallest absolute Gasteiger partial charge is 0.261 e. The van der Waals surface area contributed by atoms with Gasteiger partial charge in [-0.1, -0.05) is 56.5 Å². The average Bonchev–Trinajstić information content (AvgIpc) is 3.11. The summed E-state index contributed by atoms with van der Waals surface area (Å²) in [5, 5.41) is 1.56. The molecular weight excluding hydrogens is 481 g/mol. The van der Waals surface area contributed by atoms with Crippen LogP contribution in [0.4, 0.5) is 5.13 Å². The summed E-state index contributed by atoms with van der Waals surface area (Å²) in [5.74, 6) is -0.248. The maximum atomic E-state index is 13.4. The molecule has 0 saturated heterocycles. The number of aromatic nitrogens is 2. The van der Waals surface area contributed by atoms with Crippen molar-refractivity contribution < 1.29 is 4.79 Å². The van der Waals surface area contributed by atoms with Crippen molar-refractivity contribution in [2.45, 2.75) is 6.54 Å². The maximum Gasteiger partial charge on any atom is 0.261 e. The number of hydrogen-bond donors (Lipinski definition) is 0. The lowest BCUT2D eigenvalue weighted by Crippen LogP contribution is -2.31. The van der Waals surface area contributed by atoms with E-state index >= 15 is 0 Å². The van der Waals surface area contributed by atoms with Gasteiger partial charge in [-0.2, -0.15) is 0 Å². The van der Waals surface area contributed by atoms with Crippen molar-refractivity contribution in [1.82, 2.24) is 9.97 Å². The minimum Gasteiger partial charge on any atom is -0.278 e. The quantitative estimate of drug-likeness (QED) is 0.322. The highest BCUT2D eigenvalue weighted by atomic mass is 79.9. The Balaban J connectivity index is 1.80. The van der Waals surface area contributed by atoms with E-state index in [-0.39, 0.29) is 12.5 Å². The standard InChI is InChI=1S/C20H12BrCl2N3OS/c21-12-4-6-16(23)15(9-12)19(27)26(11-14-3-1-2-8-24-14)20-25-17-7-5-13(22)10-18(17)28-20/h1-10H,11H2. The Morgan fingerprint density at radius 1 is 1.11 bits per heavy atom. The zero-order valence-corrected chi connectivity index (χ0v) is 18.2. The monoisotopic (exact) mass is 491 g/mol. The number of thiazole rings is 1. The summed E-state index contributed by atoms with van der Waals surface area (Å²) in [6, 6.07) is 16.2. The summed E-state index contributed by atoms with van der Waals surface area (Å²) in [5.41, 5.74) is 1.92. The third-order valence-electron chi connectivity index (χ3n) is 4.02. The van der Waals surface area contributed by atoms with Crippen LogP contribution in [0.25, 0.3) is 10.2 Å². The summed E-state index contributed by atoms with van der Waals surface area (Å²) in [6.07, 6.45) is 1.70. The number of amides is 1. The van der Waals surface area contributed by atoms with Crippen molar-refractivity contribution in [3.63, 3.8) is 0 Å². The third kappa shape index (κ3) is 4.05. The molecule has 0 aliphatic rings. The summed E-state index contributed by atoms with van der Waals surface area (Å²) in [4.78, 5) is 24.0. The van der Waals surface area contributed by atoms with Crippen molar-refractivity contribution >= 4 is 71.7 Å². The van der Waals surface area contributed by atoms with E-state index in [0.29, 0.717) is 20.7 Å². The van der Waals surface area contributed by atoms with Gasteiger partial charge in [0, 0.05) is 15.7 Å². The van der Waals surface area contributed by atoms with Gasteiger partial charge in [-0.3, -0.25) is 14.7 Å². The van der Waals surface area contributed by atoms with Crippen molar-refractivity contribution in [2.24, 2.45) is 0 Å². The van der Waals surface area contributed by atoms with Crippen LogP contribution in [-0.4, -0.2) is 15.9 Å². The topological polar surface area (TPSA) is 46.1 Å². The van der Waals surface area contributed by atoms with Crippen LogP contribution in [0.15, 0.2) is 65.3 Å². The first kappa shape index (κ1) is 19.3. The molecule has 0 saturated carbocycles. The Labute approximate surface area is 183 Å². The molecular formula is C20H12BrCl2N3OS. The van der Waals surface area contributed by atoms with Gasteiger partial charge in [-0.05, 0) is 48.5 Å². The van der Waals surface area contributed by atoms with Crippen molar-refractivity contribution in [3.8, 4) is 0 Å². The molecule has 2 heterocycles. The highest BCUT2D eigenvalue weighted by Gasteiger charge is 2.24. The number of rotatable bonds is 4. The van der Waals surface area contributed by atoms with Gasteiger partial charge < -0.3 is 0 Å². The van der Waals surface area contributed by atoms with Gasteiger partial charge in [0.1, 0.15) is 0 Å². The van der Waals surface area contributed by atoms with Crippen LogP contribution in [0, 0.1) is 0 Å². The lowest BCUT2D eigenvalue weighted by atomic mass is 10.2. The zero-order valence-electron chi connectivity index (χ0n) is 14.3. The predicted molar refractivity (Wildman–Crippen MR) is 119 cm³/mol. The Hall–Kier alpha value is -1.99. The van der Waals surface area contributed by atoms with E-state index in [0.717, 1.165) is 20.4 Å². The SMILES string of the molecule is O=C(c1cc(Br)ccc1Cl)N(Cc1ccccn1)c1nc2ccc(Cl)cc2s1. The van der Waals surface area contributed by atoms with Crippen LogP contribution in [-0.2, 0) is 6.54 Å². The van der Waals surface area contributed by atoms with E-state index < -0.39 is 0 Å². The highest BCUT2D eigenvalue weighted by Crippen LogP contribution is 2.33. The molecule has 4 nitrogen and oxygen atoms in total. The maximum absolute atomic E-state index is 13.4. The van der Waals surface area contributed by atoms with Gasteiger partial charge in [0.15, 0.2) is 5.13 Å². The first-order valence-electron chi connectivity index (χ1n) is 8.24. The molecule has 8 heteroatoms. The Bertz CT molecular complexity index is 1170. The number of nitrogens with zero attached hydrogens (tertiary/aromatic N) is 3. The number of hydrogen-bond acceptors (Lipinski definition) is 4. The second kappa shape index (κ2) is 8.17. The van der Waals surface area contributed by atoms with E-state index in [2.05, 4.69) is 25.9 Å². The Kier molecular flexibility index (Phi) is 5.64. The molecule has 28 heavy (non-hydrogen) atoms. The molecule has 4 rings (SSSR count). The Morgan fingerprint density at radius 3 is 2.75 bits per heavy atom. The normalized spacial score (nSPS) is 11.0. The largest absolute Gasteiger partial charge is 0.278 e. The first-order chi connectivity index (χ1) is 13.5. The molecule has 0 spiro atoms. The van der Waals surface area contributed by atoms with Gasteiger partial charge in [0.25, 0.3) is 5.91 Å². The van der Waals surface area contributed by atoms with E-state index in [4.69, 9.17) is 23.2 Å². The molecule has 0 bridgehead atoms. The molecule has 0 N–H and O–H groups in total. The number of halogens is 3. The van der Waals surface area contributed by atoms with E-state index in [1.54, 1.807) is 35.4 Å². The molecule has 2 aromatic heterocycles. The number of carbonyl (C=O) groups excluding carboxylic acids is 1. The van der Waals surface area contributed by atoms with Gasteiger partial charge in [0.05, 0.1) is 33.0 Å². The second-order valence-corrected chi connectivity index (χ2v) is 8.71. The van der Waals surface area contributed by atoms with Crippen LogP contribution in [0.1, 0.15) is 16.1 Å². The van der Waals surface area contributed by atoms with Gasteiger partial charge in [0.2, 0.25) is 0 Å². The lowest BCUT2D eigenvalue weighted by Gasteiger charge is -2.20. The fourth-order valence-electron chi connectivity index (χ4n) is 2.69. The fourth-order valence-corrected chi connectivity index (χ4v) is 4.49. The summed E-state index contributed by atoms with van der Waals surface area (Å²) in [6.45, 7) is 0.274. The molecule has 140 valence electrons. The lowest BCUT2D eigenvalue weighted by molar-refractivity contribution is 0.0985. The van der Waals surface area contributed by atoms with Crippen LogP contribution in [0.3, 0.4) is 0 Å². The zero-order chi connectivity index (χ0) is 19.7. The van der Waals surface area contributed by atoms with Crippen LogP contribution >= 0.6 is 50.5 Å². The predicted octanol–water partition coefficient (Wildman–Crippen LogP) is 6.61. The van der Waals surface area contributed by atoms with Gasteiger partial charge >= 0.3 is 0 Å². The van der Waals surface area contributed by atoms with Gasteiger partial charge in [-0.25, -0.2) is 4.98 Å². The average molecular weight is 493 g/mol. The first-order valence-corrected chi connectivity index (χ1v) is 10.6. The van der Waals surface area contributed by atoms with Crippen molar-refractivity contribution in [3.05, 3.63) is 86.6 Å². The number of anilines is 1. The highest BCUT2D eigenvalue weighted by molar-refractivity contribution is 9.10. The number of benzene rings is 2. The van der Waals surface area contributed by atoms with E-state index in [9.17, 15) is 4.79 Å². The minimum atomic E-state index is -0.248. The van der Waals surface area contributed by atoms with Crippen LogP contribution < -0.4 is 4.90 Å². The van der Waals surface area contributed by atoms with Crippen molar-refractivity contribution in [2.75, 3.05) is 4.90 Å². The molecule has 4 aromatic rings. The third-order valence-corrected chi connectivity index (χ3v) is 6.12. The molecule has 0 radical (unpaired) electrons. The molecule has 0 aliphatic heterocycles. The molecule has 0 fully saturated rings. The van der Waals surface area contributed by atoms with Gasteiger partial charge in [-0.15, -0.1) is 0 Å². The number of fused-ring (bicyclic) bond motifs is 1. The summed E-state index contributed by atoms with van der Waals surface area (Å²) >= 11 is 17.2. The molecule has 0 unspecified atom stereocenters. The minimum absolute atomic E-state index is 0.248. The molecule has 0 aliphatic carbocycles. The van der Waals surface area contributed by atoms with Crippen molar-refractivity contribution in [1.29, 1.82) is 0 Å². The van der Waals surface area contributed by atoms with Crippen LogP contribution in [0.2, 0.25) is 10.0 Å². The molecule has 1 amide bonds. The molecule has 2 aromatic carbocycles. The molecule has 0 atom stereocenters. The summed E-state index contributed by atoms with van der Waals surface area (Å²) in [7, 11) is 0. The Morgan fingerprint density at radius 2 is 1.96 bits per heavy atom. The number of pyridine rings is 1. The fraction of sp³-hybridized carbons (Fsp3) is 0.0500.